The van der Waals surface area contributed by atoms with E-state index in [4.69, 9.17) is 9.90 Å². The fourth-order valence-corrected chi connectivity index (χ4v) is 2.72. The normalized spacial score (nSPS) is 14.3. The van der Waals surface area contributed by atoms with Gasteiger partial charge in [0.05, 0.1) is 35.8 Å². The smallest absolute Gasteiger partial charge is 0.475 e. The van der Waals surface area contributed by atoms with Crippen LogP contribution in [0.3, 0.4) is 0 Å². The van der Waals surface area contributed by atoms with Crippen LogP contribution in [0.4, 0.5) is 32.0 Å². The van der Waals surface area contributed by atoms with Crippen molar-refractivity contribution in [3.05, 3.63) is 42.2 Å². The van der Waals surface area contributed by atoms with E-state index in [1.54, 1.807) is 18.2 Å². The summed E-state index contributed by atoms with van der Waals surface area (Å²) < 4.78 is 70.4. The number of benzene rings is 1. The van der Waals surface area contributed by atoms with Crippen molar-refractivity contribution in [3.8, 4) is 0 Å². The van der Waals surface area contributed by atoms with E-state index in [-0.39, 0.29) is 0 Å². The van der Waals surface area contributed by atoms with Gasteiger partial charge in [-0.15, -0.1) is 0 Å². The molecule has 0 bridgehead atoms. The molecule has 0 radical (unpaired) electrons. The van der Waals surface area contributed by atoms with Crippen LogP contribution < -0.4 is 5.32 Å². The molecule has 168 valence electrons. The largest absolute Gasteiger partial charge is 0.490 e. The molecule has 2 heterocycles. The Morgan fingerprint density at radius 1 is 1.19 bits per heavy atom. The Hall–Kier alpha value is -3.25. The summed E-state index contributed by atoms with van der Waals surface area (Å²) in [5, 5.41) is 10.4. The Kier molecular flexibility index (Phi) is 6.13. The number of carboxylic acids is 1. The van der Waals surface area contributed by atoms with Crippen molar-refractivity contribution in [2.45, 2.75) is 44.2 Å². The number of alkyl halides is 6. The quantitative estimate of drug-likeness (QED) is 0.501. The van der Waals surface area contributed by atoms with Crippen molar-refractivity contribution >= 4 is 22.7 Å². The predicted octanol–water partition coefficient (Wildman–Crippen LogP) is 4.44. The third kappa shape index (κ3) is 6.36. The summed E-state index contributed by atoms with van der Waals surface area (Å²) in [5.41, 5.74) is 2.80. The molecule has 0 unspecified atom stereocenters. The van der Waals surface area contributed by atoms with Crippen molar-refractivity contribution in [1.82, 2.24) is 19.5 Å². The molecule has 2 aromatic heterocycles. The zero-order valence-corrected chi connectivity index (χ0v) is 15.8. The number of nitrogens with one attached hydrogen (secondary N) is 2. The molecule has 1 aromatic carbocycles. The molecule has 0 spiro atoms. The highest BCUT2D eigenvalue weighted by Gasteiger charge is 2.38. The van der Waals surface area contributed by atoms with Gasteiger partial charge in [0.1, 0.15) is 12.4 Å². The number of fused-ring (bicyclic) bond motifs is 1. The number of nitrogens with zero attached hydrogens (tertiary/aromatic N) is 3. The summed E-state index contributed by atoms with van der Waals surface area (Å²) in [7, 11) is 0. The lowest BCUT2D eigenvalue weighted by molar-refractivity contribution is -0.192. The molecule has 7 nitrogen and oxygen atoms in total. The first-order valence-electron chi connectivity index (χ1n) is 9.02. The Labute approximate surface area is 171 Å². The molecule has 0 atom stereocenters. The standard InChI is InChI=1S/C16H16F3N5.C2HF3O2/c17-16(18,19)8-24-9-22-13-5-11(3-4-14(13)24)20-6-12-7-21-15(23-12)10-1-2-10;3-2(4,5)1(6)7/h3-5,7,9-10,20H,1-2,6,8H2,(H,21,23);(H,6,7). The van der Waals surface area contributed by atoms with Gasteiger partial charge in [-0.05, 0) is 31.0 Å². The molecular weight excluding hydrogens is 432 g/mol. The molecule has 1 aliphatic carbocycles. The zero-order chi connectivity index (χ0) is 22.8. The Morgan fingerprint density at radius 2 is 1.87 bits per heavy atom. The van der Waals surface area contributed by atoms with Gasteiger partial charge in [-0.25, -0.2) is 14.8 Å². The first kappa shape index (κ1) is 22.4. The molecule has 0 saturated heterocycles. The molecule has 4 rings (SSSR count). The summed E-state index contributed by atoms with van der Waals surface area (Å²) in [4.78, 5) is 20.6. The Balaban J connectivity index is 0.000000339. The van der Waals surface area contributed by atoms with Gasteiger partial charge in [0.2, 0.25) is 0 Å². The minimum absolute atomic E-state index is 0.468. The summed E-state index contributed by atoms with van der Waals surface area (Å²) in [6.07, 6.45) is -3.92. The molecular formula is C18H17F6N5O2. The second-order valence-corrected chi connectivity index (χ2v) is 6.92. The van der Waals surface area contributed by atoms with Gasteiger partial charge < -0.3 is 20.0 Å². The first-order chi connectivity index (χ1) is 14.4. The lowest BCUT2D eigenvalue weighted by atomic mass is 10.2. The van der Waals surface area contributed by atoms with E-state index in [0.29, 0.717) is 23.5 Å². The van der Waals surface area contributed by atoms with Gasteiger partial charge in [-0.1, -0.05) is 0 Å². The summed E-state index contributed by atoms with van der Waals surface area (Å²) in [6, 6.07) is 5.16. The van der Waals surface area contributed by atoms with Gasteiger partial charge in [-0.2, -0.15) is 26.3 Å². The molecule has 13 heteroatoms. The maximum atomic E-state index is 12.5. The molecule has 3 N–H and O–H groups in total. The van der Waals surface area contributed by atoms with Crippen molar-refractivity contribution in [2.75, 3.05) is 5.32 Å². The second-order valence-electron chi connectivity index (χ2n) is 6.92. The number of anilines is 1. The van der Waals surface area contributed by atoms with Crippen molar-refractivity contribution < 1.29 is 36.2 Å². The van der Waals surface area contributed by atoms with Crippen LogP contribution in [0.1, 0.15) is 30.3 Å². The van der Waals surface area contributed by atoms with E-state index < -0.39 is 24.9 Å². The fourth-order valence-electron chi connectivity index (χ4n) is 2.72. The fraction of sp³-hybridized carbons (Fsp3) is 0.389. The van der Waals surface area contributed by atoms with Gasteiger partial charge in [0.15, 0.2) is 0 Å². The number of hydrogen-bond acceptors (Lipinski definition) is 4. The average Bonchev–Trinajstić information content (AvgIpc) is 3.28. The number of aromatic amines is 1. The predicted molar refractivity (Wildman–Crippen MR) is 97.4 cm³/mol. The van der Waals surface area contributed by atoms with Crippen molar-refractivity contribution in [3.63, 3.8) is 0 Å². The monoisotopic (exact) mass is 449 g/mol. The summed E-state index contributed by atoms with van der Waals surface area (Å²) in [5.74, 6) is -1.15. The lowest BCUT2D eigenvalue weighted by Crippen LogP contribution is -2.21. The van der Waals surface area contributed by atoms with E-state index in [0.717, 1.165) is 21.8 Å². The van der Waals surface area contributed by atoms with E-state index in [2.05, 4.69) is 20.3 Å². The summed E-state index contributed by atoms with van der Waals surface area (Å²) >= 11 is 0. The number of hydrogen-bond donors (Lipinski definition) is 3. The van der Waals surface area contributed by atoms with Gasteiger partial charge in [0, 0.05) is 11.6 Å². The number of aliphatic carboxylic acids is 1. The third-order valence-corrected chi connectivity index (χ3v) is 4.31. The average molecular weight is 449 g/mol. The minimum Gasteiger partial charge on any atom is -0.475 e. The van der Waals surface area contributed by atoms with Crippen LogP contribution in [0.5, 0.6) is 0 Å². The van der Waals surface area contributed by atoms with Crippen LogP contribution in [0.25, 0.3) is 11.0 Å². The van der Waals surface area contributed by atoms with Crippen LogP contribution in [-0.2, 0) is 17.9 Å². The highest BCUT2D eigenvalue weighted by Crippen LogP contribution is 2.38. The first-order valence-corrected chi connectivity index (χ1v) is 9.02. The number of imidazole rings is 2. The molecule has 1 fully saturated rings. The van der Waals surface area contributed by atoms with Crippen LogP contribution in [0.2, 0.25) is 0 Å². The molecule has 31 heavy (non-hydrogen) atoms. The number of carbonyl (C=O) groups is 1. The van der Waals surface area contributed by atoms with E-state index in [9.17, 15) is 26.3 Å². The number of aromatic nitrogens is 4. The molecule has 0 aliphatic heterocycles. The lowest BCUT2D eigenvalue weighted by Gasteiger charge is -2.09. The Bertz CT molecular complexity index is 1050. The number of rotatable bonds is 5. The zero-order valence-electron chi connectivity index (χ0n) is 15.8. The number of carboxylic acid groups (broad SMARTS) is 1. The van der Waals surface area contributed by atoms with E-state index in [1.807, 2.05) is 6.20 Å². The highest BCUT2D eigenvalue weighted by molar-refractivity contribution is 5.79. The van der Waals surface area contributed by atoms with Gasteiger partial charge in [0.25, 0.3) is 0 Å². The molecule has 1 aliphatic rings. The maximum absolute atomic E-state index is 12.5. The number of halogens is 6. The minimum atomic E-state index is -5.08. The van der Waals surface area contributed by atoms with Gasteiger partial charge >= 0.3 is 18.3 Å². The van der Waals surface area contributed by atoms with Crippen LogP contribution in [0, 0.1) is 0 Å². The van der Waals surface area contributed by atoms with Gasteiger partial charge in [-0.3, -0.25) is 0 Å². The molecule has 3 aromatic rings. The van der Waals surface area contributed by atoms with Crippen LogP contribution >= 0.6 is 0 Å². The van der Waals surface area contributed by atoms with Crippen molar-refractivity contribution in [1.29, 1.82) is 0 Å². The van der Waals surface area contributed by atoms with E-state index >= 15 is 0 Å². The highest BCUT2D eigenvalue weighted by atomic mass is 19.4. The number of H-pyrrole nitrogens is 1. The Morgan fingerprint density at radius 3 is 2.45 bits per heavy atom. The van der Waals surface area contributed by atoms with Crippen LogP contribution in [-0.4, -0.2) is 42.9 Å². The third-order valence-electron chi connectivity index (χ3n) is 4.31. The summed E-state index contributed by atoms with van der Waals surface area (Å²) in [6.45, 7) is -0.456. The molecule has 1 saturated carbocycles. The van der Waals surface area contributed by atoms with Crippen molar-refractivity contribution in [2.24, 2.45) is 0 Å². The van der Waals surface area contributed by atoms with Crippen LogP contribution in [0.15, 0.2) is 30.7 Å². The SMILES string of the molecule is FC(F)(F)Cn1cnc2cc(NCc3cnc(C4CC4)[nH]3)ccc21.O=C(O)C(F)(F)F. The topological polar surface area (TPSA) is 95.8 Å². The molecule has 0 amide bonds. The second kappa shape index (κ2) is 8.47. The van der Waals surface area contributed by atoms with E-state index in [1.165, 1.54) is 19.2 Å². The maximum Gasteiger partial charge on any atom is 0.490 e.